The Hall–Kier alpha value is -2.58. The zero-order valence-corrected chi connectivity index (χ0v) is 15.3. The molecule has 1 aromatic heterocycles. The Morgan fingerprint density at radius 3 is 2.84 bits per heavy atom. The minimum absolute atomic E-state index is 0.0126. The molecule has 3 rings (SSSR count). The summed E-state index contributed by atoms with van der Waals surface area (Å²) in [6, 6.07) is 9.98. The van der Waals surface area contributed by atoms with Crippen LogP contribution in [0.2, 0.25) is 0 Å². The molecule has 0 bridgehead atoms. The van der Waals surface area contributed by atoms with E-state index >= 15 is 0 Å². The van der Waals surface area contributed by atoms with E-state index in [1.54, 1.807) is 6.20 Å². The van der Waals surface area contributed by atoms with Gasteiger partial charge in [0.05, 0.1) is 24.8 Å². The van der Waals surface area contributed by atoms with Crippen LogP contribution in [0.5, 0.6) is 0 Å². The van der Waals surface area contributed by atoms with E-state index in [1.165, 1.54) is 0 Å². The fraction of sp³-hybridized carbons (Fsp3) is 0.200. The summed E-state index contributed by atoms with van der Waals surface area (Å²) in [6.45, 7) is 4.55. The lowest BCUT2D eigenvalue weighted by Crippen LogP contribution is -2.14. The summed E-state index contributed by atoms with van der Waals surface area (Å²) in [7, 11) is -0.680. The number of carboxylic acid groups (broad SMARTS) is 1. The minimum Gasteiger partial charge on any atom is -0.481 e. The third kappa shape index (κ3) is 3.59. The van der Waals surface area contributed by atoms with Crippen LogP contribution in [-0.2, 0) is 4.79 Å². The molecular formula is C20H20N2O2P+. The van der Waals surface area contributed by atoms with Crippen molar-refractivity contribution >= 4 is 42.2 Å². The summed E-state index contributed by atoms with van der Waals surface area (Å²) < 4.78 is 0. The van der Waals surface area contributed by atoms with Gasteiger partial charge >= 0.3 is 5.97 Å². The molecule has 0 radical (unpaired) electrons. The van der Waals surface area contributed by atoms with Crippen LogP contribution < -0.4 is 0 Å². The number of hydrogen-bond acceptors (Lipinski definition) is 3. The number of aromatic nitrogens is 1. The van der Waals surface area contributed by atoms with Gasteiger partial charge in [0.15, 0.2) is 0 Å². The second-order valence-electron chi connectivity index (χ2n) is 6.10. The lowest BCUT2D eigenvalue weighted by molar-refractivity contribution is -0.136. The van der Waals surface area contributed by atoms with Gasteiger partial charge in [-0.15, -0.1) is 0 Å². The van der Waals surface area contributed by atoms with E-state index in [9.17, 15) is 9.90 Å². The van der Waals surface area contributed by atoms with Crippen molar-refractivity contribution in [2.75, 3.05) is 13.2 Å². The molecule has 1 N–H and O–H groups in total. The molecule has 25 heavy (non-hydrogen) atoms. The Balaban J connectivity index is 2.11. The first-order valence-electron chi connectivity index (χ1n) is 8.02. The second-order valence-corrected chi connectivity index (χ2v) is 7.92. The number of fused-ring (bicyclic) bond motifs is 1. The summed E-state index contributed by atoms with van der Waals surface area (Å²) in [5.74, 6) is -0.838. The Morgan fingerprint density at radius 1 is 1.36 bits per heavy atom. The van der Waals surface area contributed by atoms with Gasteiger partial charge in [-0.3, -0.25) is 9.78 Å². The topological polar surface area (TPSA) is 62.5 Å². The first-order valence-corrected chi connectivity index (χ1v) is 10.00. The van der Waals surface area contributed by atoms with E-state index in [2.05, 4.69) is 22.4 Å². The Bertz CT molecular complexity index is 965. The maximum Gasteiger partial charge on any atom is 0.308 e. The number of aliphatic carboxylic acids is 1. The molecule has 2 aromatic rings. The molecule has 1 aliphatic heterocycles. The zero-order valence-electron chi connectivity index (χ0n) is 14.4. The smallest absolute Gasteiger partial charge is 0.308 e. The van der Waals surface area contributed by atoms with Crippen molar-refractivity contribution in [2.24, 2.45) is 4.99 Å². The van der Waals surface area contributed by atoms with Gasteiger partial charge in [0.2, 0.25) is 5.45 Å². The van der Waals surface area contributed by atoms with Gasteiger partial charge in [0.25, 0.3) is 0 Å². The summed E-state index contributed by atoms with van der Waals surface area (Å²) in [5.41, 5.74) is 5.75. The van der Waals surface area contributed by atoms with Gasteiger partial charge < -0.3 is 5.11 Å². The van der Waals surface area contributed by atoms with E-state index < -0.39 is 13.5 Å². The fourth-order valence-corrected chi connectivity index (χ4v) is 4.05. The highest BCUT2D eigenvalue weighted by Gasteiger charge is 2.27. The van der Waals surface area contributed by atoms with Crippen LogP contribution in [0.3, 0.4) is 0 Å². The standard InChI is InChI=1S/C20H19N2O2P/c1-13-15(12-22-20(25(2)3)17(13)11-19(23)24)10-14-8-9-21-18-7-5-4-6-16(14)18/h4-10H,2,11-12H2,1,3H3/p+1. The second kappa shape index (κ2) is 7.12. The number of rotatable bonds is 4. The van der Waals surface area contributed by atoms with Crippen molar-refractivity contribution < 1.29 is 9.90 Å². The lowest BCUT2D eigenvalue weighted by Gasteiger charge is -2.17. The van der Waals surface area contributed by atoms with Crippen molar-refractivity contribution in [3.63, 3.8) is 0 Å². The summed E-state index contributed by atoms with van der Waals surface area (Å²) in [6.07, 6.45) is 7.97. The zero-order chi connectivity index (χ0) is 18.0. The Morgan fingerprint density at radius 2 is 2.12 bits per heavy atom. The number of pyridine rings is 1. The number of aliphatic imine (C=N–C) groups is 1. The van der Waals surface area contributed by atoms with Crippen LogP contribution >= 0.6 is 7.55 Å². The predicted molar refractivity (Wildman–Crippen MR) is 107 cm³/mol. The molecule has 1 aromatic carbocycles. The average molecular weight is 351 g/mol. The largest absolute Gasteiger partial charge is 0.481 e. The third-order valence-electron chi connectivity index (χ3n) is 4.31. The third-order valence-corrected chi connectivity index (χ3v) is 5.44. The molecule has 0 aliphatic carbocycles. The number of hydrogen-bond donors (Lipinski definition) is 1. The molecular weight excluding hydrogens is 331 g/mol. The van der Waals surface area contributed by atoms with Crippen LogP contribution in [0.15, 0.2) is 58.2 Å². The van der Waals surface area contributed by atoms with Gasteiger partial charge in [-0.2, -0.15) is 0 Å². The maximum absolute atomic E-state index is 11.3. The number of carbonyl (C=O) groups is 1. The molecule has 0 fully saturated rings. The van der Waals surface area contributed by atoms with E-state index in [1.807, 2.05) is 43.9 Å². The predicted octanol–water partition coefficient (Wildman–Crippen LogP) is 4.37. The van der Waals surface area contributed by atoms with E-state index in [0.29, 0.717) is 6.54 Å². The summed E-state index contributed by atoms with van der Waals surface area (Å²) >= 11 is 0. The number of dihydropyridines is 1. The van der Waals surface area contributed by atoms with Crippen LogP contribution in [-0.4, -0.2) is 41.0 Å². The molecule has 1 atom stereocenters. The Labute approximate surface area is 148 Å². The van der Waals surface area contributed by atoms with Crippen molar-refractivity contribution in [1.82, 2.24) is 4.98 Å². The van der Waals surface area contributed by atoms with Crippen LogP contribution in [0, 0.1) is 0 Å². The average Bonchev–Trinajstić information content (AvgIpc) is 2.58. The molecule has 0 saturated carbocycles. The van der Waals surface area contributed by atoms with Gasteiger partial charge in [0, 0.05) is 17.2 Å². The monoisotopic (exact) mass is 351 g/mol. The van der Waals surface area contributed by atoms with Gasteiger partial charge in [0.1, 0.15) is 14.2 Å². The van der Waals surface area contributed by atoms with Crippen molar-refractivity contribution in [3.8, 4) is 0 Å². The molecule has 2 heterocycles. The molecule has 5 heteroatoms. The van der Waals surface area contributed by atoms with Gasteiger partial charge in [-0.1, -0.05) is 18.2 Å². The molecule has 1 unspecified atom stereocenters. The normalized spacial score (nSPS) is 17.0. The number of carboxylic acids is 1. The maximum atomic E-state index is 11.3. The summed E-state index contributed by atoms with van der Waals surface area (Å²) in [5, 5.41) is 10.3. The molecule has 4 nitrogen and oxygen atoms in total. The number of benzene rings is 1. The van der Waals surface area contributed by atoms with Crippen molar-refractivity contribution in [2.45, 2.75) is 13.3 Å². The van der Waals surface area contributed by atoms with Crippen molar-refractivity contribution in [1.29, 1.82) is 0 Å². The molecule has 1 aliphatic rings. The van der Waals surface area contributed by atoms with Crippen LogP contribution in [0.25, 0.3) is 17.0 Å². The SMILES string of the molecule is C=[P+](C)C1=NCC(=Cc2ccnc3ccccc23)C(C)=C1CC(=O)O. The highest BCUT2D eigenvalue weighted by molar-refractivity contribution is 7.73. The minimum atomic E-state index is -0.838. The molecule has 0 spiro atoms. The van der Waals surface area contributed by atoms with Gasteiger partial charge in [-0.25, -0.2) is 4.99 Å². The fourth-order valence-electron chi connectivity index (χ4n) is 3.03. The number of para-hydroxylation sites is 1. The highest BCUT2D eigenvalue weighted by Crippen LogP contribution is 2.34. The van der Waals surface area contributed by atoms with E-state index in [0.717, 1.165) is 38.6 Å². The van der Waals surface area contributed by atoms with Gasteiger partial charge in [-0.05, 0) is 41.8 Å². The van der Waals surface area contributed by atoms with Crippen molar-refractivity contribution in [3.05, 3.63) is 58.8 Å². The van der Waals surface area contributed by atoms with E-state index in [-0.39, 0.29) is 6.42 Å². The van der Waals surface area contributed by atoms with E-state index in [4.69, 9.17) is 0 Å². The molecule has 0 saturated heterocycles. The first kappa shape index (κ1) is 17.2. The quantitative estimate of drug-likeness (QED) is 0.832. The lowest BCUT2D eigenvalue weighted by atomic mass is 9.95. The molecule has 0 amide bonds. The van der Waals surface area contributed by atoms with Crippen LogP contribution in [0.4, 0.5) is 0 Å². The van der Waals surface area contributed by atoms with Crippen LogP contribution in [0.1, 0.15) is 18.9 Å². The Kier molecular flexibility index (Phi) is 4.91. The summed E-state index contributed by atoms with van der Waals surface area (Å²) in [4.78, 5) is 20.3. The number of nitrogens with zero attached hydrogens (tertiary/aromatic N) is 2. The highest BCUT2D eigenvalue weighted by atomic mass is 31.1. The molecule has 126 valence electrons. The first-order chi connectivity index (χ1) is 12.0.